The van der Waals surface area contributed by atoms with E-state index in [1.807, 2.05) is 24.3 Å². The van der Waals surface area contributed by atoms with Crippen molar-refractivity contribution in [1.82, 2.24) is 0 Å². The molecule has 0 aliphatic rings. The zero-order chi connectivity index (χ0) is 19.1. The molecule has 0 spiro atoms. The van der Waals surface area contributed by atoms with E-state index in [9.17, 15) is 0 Å². The van der Waals surface area contributed by atoms with Gasteiger partial charge in [-0.2, -0.15) is 0 Å². The second-order valence-electron chi connectivity index (χ2n) is 6.19. The summed E-state index contributed by atoms with van der Waals surface area (Å²) in [6, 6.07) is 7.64. The van der Waals surface area contributed by atoms with Crippen LogP contribution in [-0.2, 0) is 0 Å². The van der Waals surface area contributed by atoms with Crippen LogP contribution < -0.4 is 20.9 Å². The van der Waals surface area contributed by atoms with Crippen molar-refractivity contribution in [3.05, 3.63) is 35.4 Å². The third kappa shape index (κ3) is 4.07. The van der Waals surface area contributed by atoms with Crippen molar-refractivity contribution in [2.75, 3.05) is 13.2 Å². The minimum Gasteiger partial charge on any atom is -0.492 e. The molecule has 140 valence electrons. The van der Waals surface area contributed by atoms with Gasteiger partial charge in [-0.1, -0.05) is 51.0 Å². The van der Waals surface area contributed by atoms with Gasteiger partial charge in [0.25, 0.3) is 0 Å². The van der Waals surface area contributed by atoms with Crippen LogP contribution in [0.25, 0.3) is 10.8 Å². The van der Waals surface area contributed by atoms with E-state index in [0.717, 1.165) is 36.5 Å². The molecule has 0 radical (unpaired) electrons. The van der Waals surface area contributed by atoms with Gasteiger partial charge in [-0.05, 0) is 12.8 Å². The average molecular weight is 356 g/mol. The molecular formula is C20H28N4O2. The highest BCUT2D eigenvalue weighted by atomic mass is 16.5. The predicted octanol–water partition coefficient (Wildman–Crippen LogP) is 3.77. The Kier molecular flexibility index (Phi) is 6.83. The van der Waals surface area contributed by atoms with E-state index in [4.69, 9.17) is 31.8 Å². The lowest BCUT2D eigenvalue weighted by atomic mass is 9.96. The van der Waals surface area contributed by atoms with Gasteiger partial charge < -0.3 is 20.9 Å². The fourth-order valence-corrected chi connectivity index (χ4v) is 2.83. The molecule has 2 aromatic carbocycles. The van der Waals surface area contributed by atoms with Gasteiger partial charge in [-0.3, -0.25) is 10.8 Å². The third-order valence-electron chi connectivity index (χ3n) is 4.15. The van der Waals surface area contributed by atoms with Gasteiger partial charge >= 0.3 is 0 Å². The van der Waals surface area contributed by atoms with Crippen molar-refractivity contribution >= 4 is 22.4 Å². The van der Waals surface area contributed by atoms with Crippen molar-refractivity contribution in [2.24, 2.45) is 11.5 Å². The van der Waals surface area contributed by atoms with Gasteiger partial charge in [0, 0.05) is 10.8 Å². The average Bonchev–Trinajstić information content (AvgIpc) is 2.62. The van der Waals surface area contributed by atoms with E-state index in [1.54, 1.807) is 0 Å². The van der Waals surface area contributed by atoms with Crippen LogP contribution in [0.15, 0.2) is 24.3 Å². The third-order valence-corrected chi connectivity index (χ3v) is 4.15. The molecule has 0 aliphatic heterocycles. The first-order chi connectivity index (χ1) is 12.5. The van der Waals surface area contributed by atoms with E-state index in [2.05, 4.69) is 13.8 Å². The molecule has 2 rings (SSSR count). The summed E-state index contributed by atoms with van der Waals surface area (Å²) in [6.07, 6.45) is 3.75. The van der Waals surface area contributed by atoms with Gasteiger partial charge in [0.2, 0.25) is 0 Å². The molecule has 0 aliphatic carbocycles. The van der Waals surface area contributed by atoms with E-state index in [1.165, 1.54) is 0 Å². The molecule has 6 nitrogen and oxygen atoms in total. The van der Waals surface area contributed by atoms with Gasteiger partial charge in [0.15, 0.2) is 0 Å². The second kappa shape index (κ2) is 9.08. The van der Waals surface area contributed by atoms with Crippen LogP contribution >= 0.6 is 0 Å². The zero-order valence-electron chi connectivity index (χ0n) is 15.5. The summed E-state index contributed by atoms with van der Waals surface area (Å²) >= 11 is 0. The van der Waals surface area contributed by atoms with Crippen LogP contribution in [0.2, 0.25) is 0 Å². The highest BCUT2D eigenvalue weighted by molar-refractivity contribution is 6.17. The van der Waals surface area contributed by atoms with Crippen molar-refractivity contribution in [3.8, 4) is 11.5 Å². The lowest BCUT2D eigenvalue weighted by molar-refractivity contribution is 0.305. The second-order valence-corrected chi connectivity index (χ2v) is 6.19. The van der Waals surface area contributed by atoms with Gasteiger partial charge in [0.1, 0.15) is 23.2 Å². The van der Waals surface area contributed by atoms with Crippen LogP contribution in [0.4, 0.5) is 0 Å². The van der Waals surface area contributed by atoms with Crippen LogP contribution in [0.1, 0.15) is 50.7 Å². The lowest BCUT2D eigenvalue weighted by Gasteiger charge is -2.21. The first kappa shape index (κ1) is 19.6. The first-order valence-electron chi connectivity index (χ1n) is 9.05. The molecule has 0 heterocycles. The summed E-state index contributed by atoms with van der Waals surface area (Å²) in [4.78, 5) is 0. The fraction of sp³-hybridized carbons (Fsp3) is 0.400. The van der Waals surface area contributed by atoms with Crippen molar-refractivity contribution in [1.29, 1.82) is 10.8 Å². The maximum Gasteiger partial charge on any atom is 0.139 e. The Morgan fingerprint density at radius 3 is 1.50 bits per heavy atom. The molecule has 6 heteroatoms. The number of amidine groups is 2. The largest absolute Gasteiger partial charge is 0.492 e. The molecule has 0 saturated carbocycles. The first-order valence-corrected chi connectivity index (χ1v) is 9.05. The normalized spacial score (nSPS) is 10.7. The highest BCUT2D eigenvalue weighted by Crippen LogP contribution is 2.41. The number of nitrogens with one attached hydrogen (secondary N) is 2. The number of hydrogen-bond acceptors (Lipinski definition) is 4. The van der Waals surface area contributed by atoms with E-state index >= 15 is 0 Å². The SMILES string of the molecule is CCCCOc1c(C(=N)N)c(C(=N)N)c(OCCCC)c2ccccc12. The molecule has 0 saturated heterocycles. The minimum absolute atomic E-state index is 0.187. The van der Waals surface area contributed by atoms with Crippen molar-refractivity contribution in [3.63, 3.8) is 0 Å². The maximum atomic E-state index is 8.07. The molecule has 0 unspecified atom stereocenters. The zero-order valence-corrected chi connectivity index (χ0v) is 15.5. The van der Waals surface area contributed by atoms with Crippen molar-refractivity contribution < 1.29 is 9.47 Å². The molecule has 0 bridgehead atoms. The number of fused-ring (bicyclic) bond motifs is 1. The smallest absolute Gasteiger partial charge is 0.139 e. The highest BCUT2D eigenvalue weighted by Gasteiger charge is 2.25. The molecule has 26 heavy (non-hydrogen) atoms. The van der Waals surface area contributed by atoms with E-state index in [0.29, 0.717) is 35.8 Å². The standard InChI is InChI=1S/C20H28N4O2/c1-3-5-11-25-17-13-9-7-8-10-14(13)18(26-12-6-4-2)16(20(23)24)15(17)19(21)22/h7-10H,3-6,11-12H2,1-2H3,(H3,21,22)(H3,23,24). The molecule has 6 N–H and O–H groups in total. The Labute approximate surface area is 154 Å². The quantitative estimate of drug-likeness (QED) is 0.294. The van der Waals surface area contributed by atoms with Crippen LogP contribution in [0.5, 0.6) is 11.5 Å². The molecular weight excluding hydrogens is 328 g/mol. The number of hydrogen-bond donors (Lipinski definition) is 4. The van der Waals surface area contributed by atoms with Crippen LogP contribution in [0.3, 0.4) is 0 Å². The number of nitrogen functional groups attached to an aromatic ring is 2. The van der Waals surface area contributed by atoms with Crippen LogP contribution in [0, 0.1) is 10.8 Å². The van der Waals surface area contributed by atoms with E-state index < -0.39 is 0 Å². The Balaban J connectivity index is 2.76. The molecule has 0 fully saturated rings. The summed E-state index contributed by atoms with van der Waals surface area (Å²) in [5.41, 5.74) is 12.4. The summed E-state index contributed by atoms with van der Waals surface area (Å²) in [5.74, 6) is 0.616. The van der Waals surface area contributed by atoms with Crippen LogP contribution in [-0.4, -0.2) is 24.9 Å². The summed E-state index contributed by atoms with van der Waals surface area (Å²) in [5, 5.41) is 17.8. The number of benzene rings is 2. The number of unbranched alkanes of at least 4 members (excludes halogenated alkanes) is 2. The van der Waals surface area contributed by atoms with Gasteiger partial charge in [-0.15, -0.1) is 0 Å². The minimum atomic E-state index is -0.187. The summed E-state index contributed by atoms with van der Waals surface area (Å²) < 4.78 is 12.0. The topological polar surface area (TPSA) is 118 Å². The van der Waals surface area contributed by atoms with E-state index in [-0.39, 0.29) is 11.7 Å². The predicted molar refractivity (Wildman–Crippen MR) is 107 cm³/mol. The summed E-state index contributed by atoms with van der Waals surface area (Å²) in [7, 11) is 0. The maximum absolute atomic E-state index is 8.07. The lowest BCUT2D eigenvalue weighted by Crippen LogP contribution is -2.23. The Bertz CT molecular complexity index is 735. The number of ether oxygens (including phenoxy) is 2. The molecule has 0 aromatic heterocycles. The Morgan fingerprint density at radius 1 is 0.808 bits per heavy atom. The number of nitrogens with two attached hydrogens (primary N) is 2. The monoisotopic (exact) mass is 356 g/mol. The molecule has 0 atom stereocenters. The Morgan fingerprint density at radius 2 is 1.19 bits per heavy atom. The summed E-state index contributed by atoms with van der Waals surface area (Å²) in [6.45, 7) is 5.18. The van der Waals surface area contributed by atoms with Gasteiger partial charge in [-0.25, -0.2) is 0 Å². The number of rotatable bonds is 10. The Hall–Kier alpha value is -2.76. The fourth-order valence-electron chi connectivity index (χ4n) is 2.83. The van der Waals surface area contributed by atoms with Gasteiger partial charge in [0.05, 0.1) is 24.3 Å². The molecule has 0 amide bonds. The molecule has 2 aromatic rings. The van der Waals surface area contributed by atoms with Crippen molar-refractivity contribution in [2.45, 2.75) is 39.5 Å².